The maximum Gasteiger partial charge on any atom is 0.0623 e. The van der Waals surface area contributed by atoms with Gasteiger partial charge in [0, 0.05) is 13.2 Å². The van der Waals surface area contributed by atoms with Gasteiger partial charge in [-0.15, -0.1) is 6.58 Å². The van der Waals surface area contributed by atoms with Gasteiger partial charge in [0.1, 0.15) is 0 Å². The van der Waals surface area contributed by atoms with Gasteiger partial charge in [-0.1, -0.05) is 6.08 Å². The molecule has 0 aliphatic rings. The van der Waals surface area contributed by atoms with Crippen molar-refractivity contribution in [3.05, 3.63) is 12.7 Å². The molecule has 0 saturated heterocycles. The first-order valence-corrected chi connectivity index (χ1v) is 4.43. The van der Waals surface area contributed by atoms with E-state index in [-0.39, 0.29) is 11.6 Å². The standard InChI is InChI=1S/C10H21NO/c1-5-6-9(11)7-8-10(2,3)12-4/h5,9H,1,6-8,11H2,2-4H3. The highest BCUT2D eigenvalue weighted by atomic mass is 16.5. The molecule has 72 valence electrons. The van der Waals surface area contributed by atoms with E-state index in [1.54, 1.807) is 7.11 Å². The molecule has 1 atom stereocenters. The Morgan fingerprint density at radius 2 is 2.17 bits per heavy atom. The third-order valence-corrected chi connectivity index (χ3v) is 2.14. The fourth-order valence-electron chi connectivity index (χ4n) is 0.967. The SMILES string of the molecule is C=CCC(N)CCC(C)(C)OC. The summed E-state index contributed by atoms with van der Waals surface area (Å²) in [7, 11) is 1.74. The Kier molecular flexibility index (Phi) is 5.18. The maximum atomic E-state index is 5.82. The Labute approximate surface area is 75.8 Å². The second-order valence-electron chi connectivity index (χ2n) is 3.79. The van der Waals surface area contributed by atoms with Crippen molar-refractivity contribution in [2.24, 2.45) is 5.73 Å². The van der Waals surface area contributed by atoms with Crippen molar-refractivity contribution < 1.29 is 4.74 Å². The predicted molar refractivity (Wildman–Crippen MR) is 53.1 cm³/mol. The van der Waals surface area contributed by atoms with Crippen molar-refractivity contribution >= 4 is 0 Å². The quantitative estimate of drug-likeness (QED) is 0.621. The minimum Gasteiger partial charge on any atom is -0.379 e. The van der Waals surface area contributed by atoms with E-state index in [4.69, 9.17) is 10.5 Å². The molecule has 0 aromatic heterocycles. The van der Waals surface area contributed by atoms with Crippen LogP contribution in [0.3, 0.4) is 0 Å². The average Bonchev–Trinajstić information content (AvgIpc) is 2.02. The third kappa shape index (κ3) is 5.33. The molecule has 0 heterocycles. The molecule has 0 aliphatic carbocycles. The Balaban J connectivity index is 3.59. The first-order chi connectivity index (χ1) is 5.52. The first-order valence-electron chi connectivity index (χ1n) is 4.43. The molecule has 2 N–H and O–H groups in total. The van der Waals surface area contributed by atoms with Gasteiger partial charge in [0.05, 0.1) is 5.60 Å². The van der Waals surface area contributed by atoms with E-state index < -0.39 is 0 Å². The molecule has 2 nitrogen and oxygen atoms in total. The molecule has 0 fully saturated rings. The van der Waals surface area contributed by atoms with Crippen LogP contribution < -0.4 is 5.73 Å². The summed E-state index contributed by atoms with van der Waals surface area (Å²) in [6, 6.07) is 0.233. The molecule has 12 heavy (non-hydrogen) atoms. The zero-order valence-corrected chi connectivity index (χ0v) is 8.47. The highest BCUT2D eigenvalue weighted by Gasteiger charge is 2.16. The average molecular weight is 171 g/mol. The summed E-state index contributed by atoms with van der Waals surface area (Å²) in [5.74, 6) is 0. The van der Waals surface area contributed by atoms with Crippen LogP contribution in [0.25, 0.3) is 0 Å². The summed E-state index contributed by atoms with van der Waals surface area (Å²) in [6.45, 7) is 7.81. The molecule has 0 amide bonds. The molecule has 0 spiro atoms. The van der Waals surface area contributed by atoms with Crippen molar-refractivity contribution in [1.29, 1.82) is 0 Å². The molecule has 1 unspecified atom stereocenters. The van der Waals surface area contributed by atoms with Crippen molar-refractivity contribution in [2.45, 2.75) is 44.8 Å². The second-order valence-corrected chi connectivity index (χ2v) is 3.79. The van der Waals surface area contributed by atoms with Crippen LogP contribution in [0.15, 0.2) is 12.7 Å². The van der Waals surface area contributed by atoms with E-state index in [1.165, 1.54) is 0 Å². The van der Waals surface area contributed by atoms with Gasteiger partial charge in [-0.2, -0.15) is 0 Å². The van der Waals surface area contributed by atoms with Crippen molar-refractivity contribution in [2.75, 3.05) is 7.11 Å². The summed E-state index contributed by atoms with van der Waals surface area (Å²) < 4.78 is 5.28. The Morgan fingerprint density at radius 3 is 2.58 bits per heavy atom. The van der Waals surface area contributed by atoms with Crippen molar-refractivity contribution in [3.8, 4) is 0 Å². The zero-order chi connectivity index (χ0) is 9.61. The number of hydrogen-bond acceptors (Lipinski definition) is 2. The Morgan fingerprint density at radius 1 is 1.58 bits per heavy atom. The van der Waals surface area contributed by atoms with Gasteiger partial charge in [0.2, 0.25) is 0 Å². The molecule has 0 saturated carbocycles. The highest BCUT2D eigenvalue weighted by Crippen LogP contribution is 2.16. The van der Waals surface area contributed by atoms with Crippen LogP contribution in [-0.4, -0.2) is 18.8 Å². The Hall–Kier alpha value is -0.340. The van der Waals surface area contributed by atoms with Gasteiger partial charge in [-0.05, 0) is 33.1 Å². The van der Waals surface area contributed by atoms with Crippen LogP contribution in [0, 0.1) is 0 Å². The first kappa shape index (κ1) is 11.7. The molecule has 0 rings (SSSR count). The topological polar surface area (TPSA) is 35.2 Å². The minimum atomic E-state index is -0.0429. The lowest BCUT2D eigenvalue weighted by Crippen LogP contribution is -2.27. The van der Waals surface area contributed by atoms with Gasteiger partial charge in [-0.3, -0.25) is 0 Å². The lowest BCUT2D eigenvalue weighted by molar-refractivity contribution is 0.0126. The van der Waals surface area contributed by atoms with E-state index >= 15 is 0 Å². The molecule has 2 heteroatoms. The summed E-state index contributed by atoms with van der Waals surface area (Å²) in [5.41, 5.74) is 5.78. The lowest BCUT2D eigenvalue weighted by atomic mass is 9.98. The van der Waals surface area contributed by atoms with Crippen LogP contribution in [-0.2, 0) is 4.74 Å². The van der Waals surface area contributed by atoms with E-state index in [9.17, 15) is 0 Å². The molecular formula is C10H21NO. The Bertz CT molecular complexity index is 132. The lowest BCUT2D eigenvalue weighted by Gasteiger charge is -2.24. The van der Waals surface area contributed by atoms with Gasteiger partial charge < -0.3 is 10.5 Å². The third-order valence-electron chi connectivity index (χ3n) is 2.14. The van der Waals surface area contributed by atoms with E-state index in [0.29, 0.717) is 0 Å². The summed E-state index contributed by atoms with van der Waals surface area (Å²) in [5, 5.41) is 0. The molecule has 0 radical (unpaired) electrons. The van der Waals surface area contributed by atoms with Crippen LogP contribution >= 0.6 is 0 Å². The number of methoxy groups -OCH3 is 1. The van der Waals surface area contributed by atoms with E-state index in [1.807, 2.05) is 6.08 Å². The highest BCUT2D eigenvalue weighted by molar-refractivity contribution is 4.78. The molecule has 0 bridgehead atoms. The van der Waals surface area contributed by atoms with Crippen LogP contribution in [0.2, 0.25) is 0 Å². The van der Waals surface area contributed by atoms with Crippen LogP contribution in [0.4, 0.5) is 0 Å². The van der Waals surface area contributed by atoms with Crippen molar-refractivity contribution in [1.82, 2.24) is 0 Å². The smallest absolute Gasteiger partial charge is 0.0623 e. The van der Waals surface area contributed by atoms with E-state index in [0.717, 1.165) is 19.3 Å². The van der Waals surface area contributed by atoms with Gasteiger partial charge >= 0.3 is 0 Å². The number of ether oxygens (including phenoxy) is 1. The molecular weight excluding hydrogens is 150 g/mol. The van der Waals surface area contributed by atoms with Gasteiger partial charge in [0.15, 0.2) is 0 Å². The zero-order valence-electron chi connectivity index (χ0n) is 8.47. The minimum absolute atomic E-state index is 0.0429. The summed E-state index contributed by atoms with van der Waals surface area (Å²) in [6.07, 6.45) is 4.75. The number of nitrogens with two attached hydrogens (primary N) is 1. The van der Waals surface area contributed by atoms with Crippen LogP contribution in [0.1, 0.15) is 33.1 Å². The van der Waals surface area contributed by atoms with E-state index in [2.05, 4.69) is 20.4 Å². The molecule has 0 aromatic carbocycles. The van der Waals surface area contributed by atoms with Gasteiger partial charge in [0.25, 0.3) is 0 Å². The fourth-order valence-corrected chi connectivity index (χ4v) is 0.967. The molecule has 0 aromatic rings. The predicted octanol–water partition coefficient (Wildman–Crippen LogP) is 2.10. The summed E-state index contributed by atoms with van der Waals surface area (Å²) in [4.78, 5) is 0. The van der Waals surface area contributed by atoms with Crippen molar-refractivity contribution in [3.63, 3.8) is 0 Å². The summed E-state index contributed by atoms with van der Waals surface area (Å²) >= 11 is 0. The van der Waals surface area contributed by atoms with Crippen LogP contribution in [0.5, 0.6) is 0 Å². The number of hydrogen-bond donors (Lipinski definition) is 1. The second kappa shape index (κ2) is 5.33. The largest absolute Gasteiger partial charge is 0.379 e. The maximum absolute atomic E-state index is 5.82. The van der Waals surface area contributed by atoms with Gasteiger partial charge in [-0.25, -0.2) is 0 Å². The molecule has 0 aliphatic heterocycles. The fraction of sp³-hybridized carbons (Fsp3) is 0.800. The normalized spacial score (nSPS) is 14.3. The monoisotopic (exact) mass is 171 g/mol. The number of rotatable bonds is 6.